The molecule has 1 aliphatic heterocycles. The van der Waals surface area contributed by atoms with Gasteiger partial charge < -0.3 is 41.3 Å². The van der Waals surface area contributed by atoms with E-state index >= 15 is 0 Å². The van der Waals surface area contributed by atoms with Crippen LogP contribution in [0.15, 0.2) is 18.2 Å². The Labute approximate surface area is 153 Å². The van der Waals surface area contributed by atoms with Gasteiger partial charge in [0.05, 0.1) is 19.3 Å². The SMILES string of the molecule is CC1(C)CC(CO)c2cc(N)ccc2N1CC(O)C(O)C(O)C(O)CO. The van der Waals surface area contributed by atoms with E-state index in [2.05, 4.69) is 0 Å². The third-order valence-corrected chi connectivity index (χ3v) is 5.17. The summed E-state index contributed by atoms with van der Waals surface area (Å²) in [6.45, 7) is 3.18. The number of nitrogen functional groups attached to an aromatic ring is 1. The van der Waals surface area contributed by atoms with E-state index in [9.17, 15) is 25.5 Å². The number of fused-ring (bicyclic) bond motifs is 1. The summed E-state index contributed by atoms with van der Waals surface area (Å²) in [6, 6.07) is 5.34. The number of anilines is 2. The van der Waals surface area contributed by atoms with Gasteiger partial charge in [0, 0.05) is 29.4 Å². The number of aliphatic hydroxyl groups is 6. The van der Waals surface area contributed by atoms with E-state index in [-0.39, 0.29) is 19.1 Å². The molecular formula is C18H30N2O6. The molecule has 2 rings (SSSR count). The summed E-state index contributed by atoms with van der Waals surface area (Å²) >= 11 is 0. The minimum atomic E-state index is -1.67. The maximum Gasteiger partial charge on any atom is 0.111 e. The molecule has 1 aromatic rings. The van der Waals surface area contributed by atoms with E-state index in [0.29, 0.717) is 12.1 Å². The van der Waals surface area contributed by atoms with Crippen molar-refractivity contribution in [2.75, 3.05) is 30.4 Å². The predicted molar refractivity (Wildman–Crippen MR) is 97.8 cm³/mol. The minimum Gasteiger partial charge on any atom is -0.399 e. The summed E-state index contributed by atoms with van der Waals surface area (Å²) < 4.78 is 0. The molecule has 0 radical (unpaired) electrons. The van der Waals surface area contributed by atoms with E-state index in [4.69, 9.17) is 10.8 Å². The lowest BCUT2D eigenvalue weighted by atomic mass is 9.79. The lowest BCUT2D eigenvalue weighted by molar-refractivity contribution is -0.113. The number of aliphatic hydroxyl groups excluding tert-OH is 6. The highest BCUT2D eigenvalue weighted by atomic mass is 16.4. The number of rotatable bonds is 7. The summed E-state index contributed by atoms with van der Waals surface area (Å²) in [7, 11) is 0. The second kappa shape index (κ2) is 8.08. The van der Waals surface area contributed by atoms with Crippen molar-refractivity contribution in [1.29, 1.82) is 0 Å². The monoisotopic (exact) mass is 370 g/mol. The van der Waals surface area contributed by atoms with Crippen LogP contribution in [0.4, 0.5) is 11.4 Å². The van der Waals surface area contributed by atoms with Gasteiger partial charge in [-0.15, -0.1) is 0 Å². The molecule has 0 amide bonds. The number of benzene rings is 1. The van der Waals surface area contributed by atoms with Gasteiger partial charge in [-0.25, -0.2) is 0 Å². The smallest absolute Gasteiger partial charge is 0.111 e. The number of hydrogen-bond donors (Lipinski definition) is 7. The van der Waals surface area contributed by atoms with Crippen molar-refractivity contribution >= 4 is 11.4 Å². The van der Waals surface area contributed by atoms with Crippen molar-refractivity contribution in [2.24, 2.45) is 0 Å². The maximum atomic E-state index is 10.4. The number of nitrogens with zero attached hydrogens (tertiary/aromatic N) is 1. The zero-order valence-corrected chi connectivity index (χ0v) is 15.2. The van der Waals surface area contributed by atoms with Crippen molar-refractivity contribution in [2.45, 2.75) is 56.1 Å². The first-order chi connectivity index (χ1) is 12.1. The average Bonchev–Trinajstić information content (AvgIpc) is 2.61. The molecule has 26 heavy (non-hydrogen) atoms. The van der Waals surface area contributed by atoms with Crippen LogP contribution in [0.1, 0.15) is 31.7 Å². The van der Waals surface area contributed by atoms with Crippen LogP contribution in [0.2, 0.25) is 0 Å². The molecule has 0 saturated carbocycles. The average molecular weight is 370 g/mol. The Bertz CT molecular complexity index is 611. The largest absolute Gasteiger partial charge is 0.399 e. The second-order valence-corrected chi connectivity index (χ2v) is 7.62. The minimum absolute atomic E-state index is 0.00155. The summed E-state index contributed by atoms with van der Waals surface area (Å²) in [5, 5.41) is 58.5. The van der Waals surface area contributed by atoms with E-state index in [0.717, 1.165) is 11.3 Å². The molecule has 148 valence electrons. The van der Waals surface area contributed by atoms with Crippen LogP contribution in [0.5, 0.6) is 0 Å². The van der Waals surface area contributed by atoms with E-state index < -0.39 is 36.6 Å². The molecule has 0 bridgehead atoms. The van der Waals surface area contributed by atoms with Gasteiger partial charge in [0.25, 0.3) is 0 Å². The summed E-state index contributed by atoms with van der Waals surface area (Å²) in [5.41, 5.74) is 7.67. The molecule has 0 spiro atoms. The Hall–Kier alpha value is -1.42. The highest BCUT2D eigenvalue weighted by Crippen LogP contribution is 2.44. The summed E-state index contributed by atoms with van der Waals surface area (Å²) in [5.74, 6) is -0.0939. The fourth-order valence-corrected chi connectivity index (χ4v) is 3.66. The Morgan fingerprint density at radius 2 is 1.73 bits per heavy atom. The zero-order chi connectivity index (χ0) is 19.6. The molecule has 0 aromatic heterocycles. The Balaban J connectivity index is 2.30. The van der Waals surface area contributed by atoms with Gasteiger partial charge in [-0.05, 0) is 44.0 Å². The van der Waals surface area contributed by atoms with Gasteiger partial charge in [0.2, 0.25) is 0 Å². The van der Waals surface area contributed by atoms with Gasteiger partial charge in [0.1, 0.15) is 18.3 Å². The van der Waals surface area contributed by atoms with Crippen molar-refractivity contribution in [3.05, 3.63) is 23.8 Å². The number of nitrogens with two attached hydrogens (primary N) is 1. The Kier molecular flexibility index (Phi) is 6.49. The highest BCUT2D eigenvalue weighted by molar-refractivity contribution is 5.64. The summed E-state index contributed by atoms with van der Waals surface area (Å²) in [4.78, 5) is 1.90. The van der Waals surface area contributed by atoms with Gasteiger partial charge in [-0.3, -0.25) is 0 Å². The first-order valence-electron chi connectivity index (χ1n) is 8.73. The number of β-amino-alcohol motifs (C(OH)–C–C–N with tert-alkyl or cyclic N) is 1. The van der Waals surface area contributed by atoms with Gasteiger partial charge in [0.15, 0.2) is 0 Å². The zero-order valence-electron chi connectivity index (χ0n) is 15.2. The van der Waals surface area contributed by atoms with Gasteiger partial charge in [-0.1, -0.05) is 0 Å². The maximum absolute atomic E-state index is 10.4. The first-order valence-corrected chi connectivity index (χ1v) is 8.73. The van der Waals surface area contributed by atoms with Crippen LogP contribution in [-0.2, 0) is 0 Å². The molecule has 0 saturated heterocycles. The quantitative estimate of drug-likeness (QED) is 0.295. The van der Waals surface area contributed by atoms with Gasteiger partial charge >= 0.3 is 0 Å². The molecule has 5 atom stereocenters. The molecule has 8 N–H and O–H groups in total. The van der Waals surface area contributed by atoms with Crippen LogP contribution >= 0.6 is 0 Å². The van der Waals surface area contributed by atoms with Crippen LogP contribution in [0.25, 0.3) is 0 Å². The summed E-state index contributed by atoms with van der Waals surface area (Å²) in [6.07, 6.45) is -5.58. The molecule has 8 heteroatoms. The Morgan fingerprint density at radius 3 is 2.31 bits per heavy atom. The van der Waals surface area contributed by atoms with Crippen molar-refractivity contribution < 1.29 is 30.6 Å². The van der Waals surface area contributed by atoms with Crippen molar-refractivity contribution in [1.82, 2.24) is 0 Å². The molecular weight excluding hydrogens is 340 g/mol. The molecule has 5 unspecified atom stereocenters. The molecule has 8 nitrogen and oxygen atoms in total. The third-order valence-electron chi connectivity index (χ3n) is 5.17. The topological polar surface area (TPSA) is 151 Å². The molecule has 0 fully saturated rings. The molecule has 1 heterocycles. The molecule has 1 aromatic carbocycles. The van der Waals surface area contributed by atoms with Gasteiger partial charge in [-0.2, -0.15) is 0 Å². The second-order valence-electron chi connectivity index (χ2n) is 7.62. The fourth-order valence-electron chi connectivity index (χ4n) is 3.66. The predicted octanol–water partition coefficient (Wildman–Crippen LogP) is -1.23. The third kappa shape index (κ3) is 4.11. The van der Waals surface area contributed by atoms with E-state index in [1.165, 1.54) is 0 Å². The lowest BCUT2D eigenvalue weighted by Crippen LogP contribution is -2.56. The van der Waals surface area contributed by atoms with E-state index in [1.807, 2.05) is 24.8 Å². The molecule has 0 aliphatic carbocycles. The van der Waals surface area contributed by atoms with Crippen molar-refractivity contribution in [3.8, 4) is 0 Å². The standard InChI is InChI=1S/C18H30N2O6/c1-18(2)6-10(8-21)12-5-11(19)3-4-13(12)20(18)7-14(23)16(25)17(26)15(24)9-22/h3-5,10,14-17,21-26H,6-9,19H2,1-2H3. The fraction of sp³-hybridized carbons (Fsp3) is 0.667. The van der Waals surface area contributed by atoms with Crippen LogP contribution in [0, 0.1) is 0 Å². The normalized spacial score (nSPS) is 23.8. The lowest BCUT2D eigenvalue weighted by Gasteiger charge is -2.49. The van der Waals surface area contributed by atoms with Crippen LogP contribution in [-0.4, -0.2) is 80.4 Å². The number of hydrogen-bond acceptors (Lipinski definition) is 8. The Morgan fingerprint density at radius 1 is 1.12 bits per heavy atom. The first kappa shape index (κ1) is 20.9. The van der Waals surface area contributed by atoms with Crippen molar-refractivity contribution in [3.63, 3.8) is 0 Å². The van der Waals surface area contributed by atoms with E-state index in [1.54, 1.807) is 12.1 Å². The van der Waals surface area contributed by atoms with Crippen LogP contribution in [0.3, 0.4) is 0 Å². The molecule has 1 aliphatic rings. The van der Waals surface area contributed by atoms with Crippen LogP contribution < -0.4 is 10.6 Å². The highest BCUT2D eigenvalue weighted by Gasteiger charge is 2.40.